The molecule has 6 heteroatoms. The van der Waals surface area contributed by atoms with Crippen LogP contribution in [0.15, 0.2) is 30.0 Å². The smallest absolute Gasteiger partial charge is 0.277 e. The number of carbonyl (C=O) groups excluding carboxylic acids is 2. The molecule has 2 rings (SSSR count). The molecule has 0 spiro atoms. The van der Waals surface area contributed by atoms with Crippen molar-refractivity contribution in [3.63, 3.8) is 0 Å². The lowest BCUT2D eigenvalue weighted by molar-refractivity contribution is -0.137. The molecule has 2 amide bonds. The number of hydrogen-bond acceptors (Lipinski definition) is 5. The minimum absolute atomic E-state index is 0.0927. The molecule has 0 saturated heterocycles. The summed E-state index contributed by atoms with van der Waals surface area (Å²) in [4.78, 5) is 28.5. The van der Waals surface area contributed by atoms with E-state index in [1.165, 1.54) is 4.90 Å². The lowest BCUT2D eigenvalue weighted by Gasteiger charge is -2.20. The molecule has 1 aromatic carbocycles. The Bertz CT molecular complexity index is 680. The Morgan fingerprint density at radius 3 is 2.35 bits per heavy atom. The summed E-state index contributed by atoms with van der Waals surface area (Å²) in [7, 11) is 1.71. The second-order valence-electron chi connectivity index (χ2n) is 6.86. The second kappa shape index (κ2) is 8.85. The number of nitrogens with zero attached hydrogens (tertiary/aromatic N) is 2. The Morgan fingerprint density at radius 1 is 1.15 bits per heavy atom. The second-order valence-corrected chi connectivity index (χ2v) is 6.86. The van der Waals surface area contributed by atoms with Gasteiger partial charge in [-0.05, 0) is 30.0 Å². The summed E-state index contributed by atoms with van der Waals surface area (Å²) in [6.07, 6.45) is 0.698. The molecule has 0 unspecified atom stereocenters. The number of aliphatic hydroxyl groups is 1. The fraction of sp³-hybridized carbons (Fsp3) is 0.500. The fourth-order valence-electron chi connectivity index (χ4n) is 2.85. The van der Waals surface area contributed by atoms with E-state index in [0.717, 1.165) is 5.75 Å². The van der Waals surface area contributed by atoms with Gasteiger partial charge in [0.05, 0.1) is 18.8 Å². The molecule has 0 bridgehead atoms. The van der Waals surface area contributed by atoms with Crippen LogP contribution in [0.5, 0.6) is 5.75 Å². The maximum Gasteiger partial charge on any atom is 0.277 e. The Balaban J connectivity index is 2.37. The van der Waals surface area contributed by atoms with Crippen LogP contribution >= 0.6 is 0 Å². The van der Waals surface area contributed by atoms with E-state index in [1.54, 1.807) is 24.1 Å². The monoisotopic (exact) mass is 360 g/mol. The summed E-state index contributed by atoms with van der Waals surface area (Å²) in [5, 5.41) is 9.22. The highest BCUT2D eigenvalue weighted by atomic mass is 16.5. The molecule has 0 fully saturated rings. The number of benzene rings is 1. The molecule has 1 aliphatic rings. The van der Waals surface area contributed by atoms with Gasteiger partial charge in [0.2, 0.25) is 0 Å². The first-order valence-electron chi connectivity index (χ1n) is 9.06. The van der Waals surface area contributed by atoms with E-state index in [-0.39, 0.29) is 25.0 Å². The van der Waals surface area contributed by atoms with E-state index < -0.39 is 0 Å². The van der Waals surface area contributed by atoms with Crippen LogP contribution in [0.3, 0.4) is 0 Å². The highest BCUT2D eigenvalue weighted by molar-refractivity contribution is 6.35. The van der Waals surface area contributed by atoms with Crippen molar-refractivity contribution in [3.8, 4) is 5.75 Å². The van der Waals surface area contributed by atoms with Gasteiger partial charge in [0.25, 0.3) is 11.8 Å². The van der Waals surface area contributed by atoms with Crippen LogP contribution in [0, 0.1) is 5.92 Å². The Labute approximate surface area is 155 Å². The third kappa shape index (κ3) is 4.25. The average molecular weight is 360 g/mol. The largest absolute Gasteiger partial charge is 0.493 e. The van der Waals surface area contributed by atoms with Crippen LogP contribution in [0.25, 0.3) is 5.57 Å². The van der Waals surface area contributed by atoms with E-state index in [1.807, 2.05) is 19.1 Å². The highest BCUT2D eigenvalue weighted by Crippen LogP contribution is 2.32. The van der Waals surface area contributed by atoms with Crippen LogP contribution in [0.4, 0.5) is 0 Å². The highest BCUT2D eigenvalue weighted by Gasteiger charge is 2.40. The zero-order chi connectivity index (χ0) is 19.3. The number of ether oxygens (including phenoxy) is 1. The van der Waals surface area contributed by atoms with E-state index in [4.69, 9.17) is 4.74 Å². The van der Waals surface area contributed by atoms with Gasteiger partial charge in [-0.2, -0.15) is 0 Å². The van der Waals surface area contributed by atoms with Crippen molar-refractivity contribution in [2.45, 2.75) is 27.2 Å². The standard InChI is InChI=1S/C20H28N2O4/c1-5-10-22-19(24)17(18(20(22)25)21(4)11-12-23)15-6-8-16(9-7-15)26-13-14(2)3/h6-9,14,23H,5,10-13H2,1-4H3. The molecule has 1 aliphatic heterocycles. The van der Waals surface area contributed by atoms with Gasteiger partial charge in [-0.15, -0.1) is 0 Å². The minimum atomic E-state index is -0.303. The number of amides is 2. The molecule has 0 aliphatic carbocycles. The molecule has 0 atom stereocenters. The van der Waals surface area contributed by atoms with E-state index >= 15 is 0 Å². The molecule has 1 heterocycles. The van der Waals surface area contributed by atoms with Crippen LogP contribution in [0.2, 0.25) is 0 Å². The first-order valence-corrected chi connectivity index (χ1v) is 9.06. The first-order chi connectivity index (χ1) is 12.4. The summed E-state index contributed by atoms with van der Waals surface area (Å²) >= 11 is 0. The molecule has 1 aromatic rings. The zero-order valence-electron chi connectivity index (χ0n) is 16.0. The van der Waals surface area contributed by atoms with Gasteiger partial charge in [-0.3, -0.25) is 14.5 Å². The van der Waals surface area contributed by atoms with Crippen molar-refractivity contribution in [1.82, 2.24) is 9.80 Å². The lowest BCUT2D eigenvalue weighted by atomic mass is 10.0. The first kappa shape index (κ1) is 20.0. The molecule has 26 heavy (non-hydrogen) atoms. The topological polar surface area (TPSA) is 70.1 Å². The molecule has 1 N–H and O–H groups in total. The number of aliphatic hydroxyl groups excluding tert-OH is 1. The maximum absolute atomic E-state index is 12.9. The molecular weight excluding hydrogens is 332 g/mol. The molecule has 142 valence electrons. The molecular formula is C20H28N2O4. The Hall–Kier alpha value is -2.34. The molecule has 0 aromatic heterocycles. The molecule has 0 saturated carbocycles. The molecule has 0 radical (unpaired) electrons. The van der Waals surface area contributed by atoms with Crippen LogP contribution in [-0.2, 0) is 9.59 Å². The SMILES string of the molecule is CCCN1C(=O)C(c2ccc(OCC(C)C)cc2)=C(N(C)CCO)C1=O. The number of likely N-dealkylation sites (N-methyl/N-ethyl adjacent to an activating group) is 1. The van der Waals surface area contributed by atoms with Crippen molar-refractivity contribution in [1.29, 1.82) is 0 Å². The number of rotatable bonds is 9. The van der Waals surface area contributed by atoms with Crippen molar-refractivity contribution in [3.05, 3.63) is 35.5 Å². The van der Waals surface area contributed by atoms with Crippen molar-refractivity contribution in [2.24, 2.45) is 5.92 Å². The summed E-state index contributed by atoms with van der Waals surface area (Å²) in [5.74, 6) is 0.568. The summed E-state index contributed by atoms with van der Waals surface area (Å²) < 4.78 is 5.68. The van der Waals surface area contributed by atoms with Crippen molar-refractivity contribution >= 4 is 17.4 Å². The number of carbonyl (C=O) groups is 2. The van der Waals surface area contributed by atoms with Crippen LogP contribution in [-0.4, -0.2) is 60.1 Å². The fourth-order valence-corrected chi connectivity index (χ4v) is 2.85. The summed E-state index contributed by atoms with van der Waals surface area (Å²) in [6, 6.07) is 7.24. The van der Waals surface area contributed by atoms with Gasteiger partial charge >= 0.3 is 0 Å². The van der Waals surface area contributed by atoms with Gasteiger partial charge in [0, 0.05) is 20.1 Å². The van der Waals surface area contributed by atoms with Crippen LogP contribution in [0.1, 0.15) is 32.8 Å². The van der Waals surface area contributed by atoms with Crippen molar-refractivity contribution < 1.29 is 19.4 Å². The number of hydrogen-bond donors (Lipinski definition) is 1. The normalized spacial score (nSPS) is 14.6. The predicted molar refractivity (Wildman–Crippen MR) is 100 cm³/mol. The van der Waals surface area contributed by atoms with Gasteiger partial charge in [0.1, 0.15) is 11.4 Å². The zero-order valence-corrected chi connectivity index (χ0v) is 16.0. The average Bonchev–Trinajstić information content (AvgIpc) is 2.85. The third-order valence-electron chi connectivity index (χ3n) is 4.13. The quantitative estimate of drug-likeness (QED) is 0.683. The van der Waals surface area contributed by atoms with E-state index in [2.05, 4.69) is 13.8 Å². The Morgan fingerprint density at radius 2 is 1.81 bits per heavy atom. The van der Waals surface area contributed by atoms with Gasteiger partial charge in [0.15, 0.2) is 0 Å². The van der Waals surface area contributed by atoms with Gasteiger partial charge < -0.3 is 14.7 Å². The minimum Gasteiger partial charge on any atom is -0.493 e. The number of imide groups is 1. The lowest BCUT2D eigenvalue weighted by Crippen LogP contribution is -2.35. The third-order valence-corrected chi connectivity index (χ3v) is 4.13. The molecule has 6 nitrogen and oxygen atoms in total. The van der Waals surface area contributed by atoms with E-state index in [9.17, 15) is 14.7 Å². The Kier molecular flexibility index (Phi) is 6.80. The van der Waals surface area contributed by atoms with E-state index in [0.29, 0.717) is 42.3 Å². The summed E-state index contributed by atoms with van der Waals surface area (Å²) in [5.41, 5.74) is 1.40. The summed E-state index contributed by atoms with van der Waals surface area (Å²) in [6.45, 7) is 7.27. The predicted octanol–water partition coefficient (Wildman–Crippen LogP) is 2.14. The van der Waals surface area contributed by atoms with Crippen molar-refractivity contribution in [2.75, 3.05) is 33.4 Å². The maximum atomic E-state index is 12.9. The van der Waals surface area contributed by atoms with Gasteiger partial charge in [-0.1, -0.05) is 32.9 Å². The van der Waals surface area contributed by atoms with Gasteiger partial charge in [-0.25, -0.2) is 0 Å². The van der Waals surface area contributed by atoms with Crippen LogP contribution < -0.4 is 4.74 Å².